The molecule has 4 nitrogen and oxygen atoms in total. The van der Waals surface area contributed by atoms with Crippen molar-refractivity contribution in [3.8, 4) is 0 Å². The fraction of sp³-hybridized carbons (Fsp3) is 0.600. The molecular weight excluding hydrogens is 238 g/mol. The lowest BCUT2D eigenvalue weighted by Crippen LogP contribution is -2.56. The zero-order valence-electron chi connectivity index (χ0n) is 12.4. The Morgan fingerprint density at radius 1 is 1.42 bits per heavy atom. The molecular formula is C15H25N3O. The van der Waals surface area contributed by atoms with Gasteiger partial charge < -0.3 is 10.6 Å². The Labute approximate surface area is 116 Å². The number of amides is 1. The van der Waals surface area contributed by atoms with Crippen LogP contribution in [0.1, 0.15) is 46.1 Å². The standard InChI is InChI=1S/C15H25N3O/c1-5-15(16,6-2)14(19)18(12(3)4)11-13-8-7-9-17-10-13/h7-10,12H,5-6,11,16H2,1-4H3. The molecule has 0 atom stereocenters. The van der Waals surface area contributed by atoms with Crippen molar-refractivity contribution < 1.29 is 4.79 Å². The second kappa shape index (κ2) is 6.66. The van der Waals surface area contributed by atoms with E-state index in [9.17, 15) is 4.79 Å². The number of nitrogens with zero attached hydrogens (tertiary/aromatic N) is 2. The summed E-state index contributed by atoms with van der Waals surface area (Å²) in [4.78, 5) is 18.6. The van der Waals surface area contributed by atoms with E-state index < -0.39 is 5.54 Å². The topological polar surface area (TPSA) is 59.2 Å². The van der Waals surface area contributed by atoms with Gasteiger partial charge in [-0.2, -0.15) is 0 Å². The van der Waals surface area contributed by atoms with E-state index in [0.29, 0.717) is 19.4 Å². The first-order chi connectivity index (χ1) is 8.94. The largest absolute Gasteiger partial charge is 0.334 e. The zero-order chi connectivity index (χ0) is 14.5. The van der Waals surface area contributed by atoms with Crippen LogP contribution in [0.4, 0.5) is 0 Å². The number of rotatable bonds is 6. The molecule has 0 saturated carbocycles. The fourth-order valence-corrected chi connectivity index (χ4v) is 2.02. The van der Waals surface area contributed by atoms with Gasteiger partial charge in [0, 0.05) is 25.0 Å². The first-order valence-electron chi connectivity index (χ1n) is 6.93. The minimum Gasteiger partial charge on any atom is -0.334 e. The first kappa shape index (κ1) is 15.6. The predicted octanol–water partition coefficient (Wildman–Crippen LogP) is 2.34. The smallest absolute Gasteiger partial charge is 0.243 e. The molecule has 4 heteroatoms. The first-order valence-corrected chi connectivity index (χ1v) is 6.93. The number of carbonyl (C=O) groups excluding carboxylic acids is 1. The Balaban J connectivity index is 2.92. The molecule has 0 aromatic carbocycles. The number of hydrogen-bond acceptors (Lipinski definition) is 3. The maximum Gasteiger partial charge on any atom is 0.243 e. The number of nitrogens with two attached hydrogens (primary N) is 1. The Morgan fingerprint density at radius 3 is 2.47 bits per heavy atom. The van der Waals surface area contributed by atoms with Crippen LogP contribution in [0.5, 0.6) is 0 Å². The van der Waals surface area contributed by atoms with Gasteiger partial charge in [0.25, 0.3) is 0 Å². The molecule has 0 unspecified atom stereocenters. The van der Waals surface area contributed by atoms with E-state index in [1.54, 1.807) is 12.4 Å². The van der Waals surface area contributed by atoms with Gasteiger partial charge in [0.05, 0.1) is 5.54 Å². The van der Waals surface area contributed by atoms with Crippen LogP contribution in [0.15, 0.2) is 24.5 Å². The van der Waals surface area contributed by atoms with Crippen molar-refractivity contribution >= 4 is 5.91 Å². The molecule has 1 aromatic rings. The summed E-state index contributed by atoms with van der Waals surface area (Å²) < 4.78 is 0. The molecule has 0 aliphatic rings. The van der Waals surface area contributed by atoms with Gasteiger partial charge in [0.2, 0.25) is 5.91 Å². The van der Waals surface area contributed by atoms with Gasteiger partial charge in [-0.05, 0) is 38.3 Å². The van der Waals surface area contributed by atoms with Gasteiger partial charge in [-0.1, -0.05) is 19.9 Å². The second-order valence-electron chi connectivity index (χ2n) is 5.25. The number of hydrogen-bond donors (Lipinski definition) is 1. The van der Waals surface area contributed by atoms with Gasteiger partial charge in [0.1, 0.15) is 0 Å². The van der Waals surface area contributed by atoms with Crippen LogP contribution in [-0.2, 0) is 11.3 Å². The summed E-state index contributed by atoms with van der Waals surface area (Å²) in [6.07, 6.45) is 4.83. The van der Waals surface area contributed by atoms with Crippen LogP contribution in [0.2, 0.25) is 0 Å². The molecule has 0 spiro atoms. The van der Waals surface area contributed by atoms with Crippen molar-refractivity contribution in [1.82, 2.24) is 9.88 Å². The van der Waals surface area contributed by atoms with Gasteiger partial charge in [-0.15, -0.1) is 0 Å². The Hall–Kier alpha value is -1.42. The summed E-state index contributed by atoms with van der Waals surface area (Å²) in [5, 5.41) is 0. The maximum absolute atomic E-state index is 12.7. The second-order valence-corrected chi connectivity index (χ2v) is 5.25. The molecule has 0 aliphatic carbocycles. The predicted molar refractivity (Wildman–Crippen MR) is 77.4 cm³/mol. The number of carbonyl (C=O) groups is 1. The highest BCUT2D eigenvalue weighted by Gasteiger charge is 2.35. The van der Waals surface area contributed by atoms with Crippen LogP contribution in [-0.4, -0.2) is 27.4 Å². The minimum atomic E-state index is -0.757. The highest BCUT2D eigenvalue weighted by molar-refractivity contribution is 5.86. The van der Waals surface area contributed by atoms with Gasteiger partial charge >= 0.3 is 0 Å². The van der Waals surface area contributed by atoms with Crippen LogP contribution in [0, 0.1) is 0 Å². The third kappa shape index (κ3) is 3.77. The highest BCUT2D eigenvalue weighted by atomic mass is 16.2. The van der Waals surface area contributed by atoms with E-state index in [1.165, 1.54) is 0 Å². The Morgan fingerprint density at radius 2 is 2.05 bits per heavy atom. The normalized spacial score (nSPS) is 11.7. The van der Waals surface area contributed by atoms with Crippen molar-refractivity contribution in [3.05, 3.63) is 30.1 Å². The Kier molecular flexibility index (Phi) is 5.48. The lowest BCUT2D eigenvalue weighted by molar-refractivity contribution is -0.139. The average Bonchev–Trinajstić information content (AvgIpc) is 2.44. The zero-order valence-corrected chi connectivity index (χ0v) is 12.4. The summed E-state index contributed by atoms with van der Waals surface area (Å²) in [7, 11) is 0. The molecule has 0 fully saturated rings. The van der Waals surface area contributed by atoms with Crippen LogP contribution in [0.3, 0.4) is 0 Å². The van der Waals surface area contributed by atoms with E-state index in [2.05, 4.69) is 4.98 Å². The average molecular weight is 263 g/mol. The summed E-state index contributed by atoms with van der Waals surface area (Å²) in [6, 6.07) is 3.98. The minimum absolute atomic E-state index is 0.0244. The quantitative estimate of drug-likeness (QED) is 0.857. The Bertz CT molecular complexity index is 399. The third-order valence-electron chi connectivity index (χ3n) is 3.65. The van der Waals surface area contributed by atoms with Gasteiger partial charge in [0.15, 0.2) is 0 Å². The molecule has 0 aliphatic heterocycles. The molecule has 0 radical (unpaired) electrons. The van der Waals surface area contributed by atoms with E-state index >= 15 is 0 Å². The maximum atomic E-state index is 12.7. The third-order valence-corrected chi connectivity index (χ3v) is 3.65. The molecule has 0 saturated heterocycles. The summed E-state index contributed by atoms with van der Waals surface area (Å²) in [5.41, 5.74) is 6.50. The van der Waals surface area contributed by atoms with Crippen molar-refractivity contribution in [1.29, 1.82) is 0 Å². The monoisotopic (exact) mass is 263 g/mol. The molecule has 0 bridgehead atoms. The lowest BCUT2D eigenvalue weighted by atomic mass is 9.91. The molecule has 106 valence electrons. The van der Waals surface area contributed by atoms with E-state index in [4.69, 9.17) is 5.73 Å². The van der Waals surface area contributed by atoms with Crippen LogP contribution < -0.4 is 5.73 Å². The number of aromatic nitrogens is 1. The highest BCUT2D eigenvalue weighted by Crippen LogP contribution is 2.19. The van der Waals surface area contributed by atoms with Crippen LogP contribution >= 0.6 is 0 Å². The SMILES string of the molecule is CCC(N)(CC)C(=O)N(Cc1cccnc1)C(C)C. The summed E-state index contributed by atoms with van der Waals surface area (Å²) in [5.74, 6) is 0.0244. The fourth-order valence-electron chi connectivity index (χ4n) is 2.02. The van der Waals surface area contributed by atoms with Crippen molar-refractivity contribution in [2.75, 3.05) is 0 Å². The molecule has 1 rings (SSSR count). The molecule has 1 heterocycles. The van der Waals surface area contributed by atoms with E-state index in [1.807, 2.05) is 44.7 Å². The van der Waals surface area contributed by atoms with Crippen molar-refractivity contribution in [2.45, 2.75) is 58.7 Å². The number of pyridine rings is 1. The van der Waals surface area contributed by atoms with Crippen molar-refractivity contribution in [3.63, 3.8) is 0 Å². The van der Waals surface area contributed by atoms with E-state index in [0.717, 1.165) is 5.56 Å². The molecule has 1 aromatic heterocycles. The van der Waals surface area contributed by atoms with Crippen molar-refractivity contribution in [2.24, 2.45) is 5.73 Å². The molecule has 2 N–H and O–H groups in total. The lowest BCUT2D eigenvalue weighted by Gasteiger charge is -2.35. The van der Waals surface area contributed by atoms with E-state index in [-0.39, 0.29) is 11.9 Å². The van der Waals surface area contributed by atoms with Crippen LogP contribution in [0.25, 0.3) is 0 Å². The van der Waals surface area contributed by atoms with Gasteiger partial charge in [-0.25, -0.2) is 0 Å². The van der Waals surface area contributed by atoms with Gasteiger partial charge in [-0.3, -0.25) is 9.78 Å². The summed E-state index contributed by atoms with van der Waals surface area (Å²) >= 11 is 0. The summed E-state index contributed by atoms with van der Waals surface area (Å²) in [6.45, 7) is 8.51. The molecule has 1 amide bonds. The molecule has 19 heavy (non-hydrogen) atoms.